The van der Waals surface area contributed by atoms with Gasteiger partial charge in [0.1, 0.15) is 6.10 Å². The summed E-state index contributed by atoms with van der Waals surface area (Å²) in [6.07, 6.45) is 4.36. The number of ether oxygens (including phenoxy) is 2. The summed E-state index contributed by atoms with van der Waals surface area (Å²) in [6, 6.07) is 0. The Labute approximate surface area is 103 Å². The van der Waals surface area contributed by atoms with Crippen molar-refractivity contribution in [1.29, 1.82) is 0 Å². The summed E-state index contributed by atoms with van der Waals surface area (Å²) in [5.41, 5.74) is 0. The molecule has 100 valence electrons. The summed E-state index contributed by atoms with van der Waals surface area (Å²) in [5, 5.41) is 0. The molecule has 17 heavy (non-hydrogen) atoms. The van der Waals surface area contributed by atoms with Crippen LogP contribution in [0.2, 0.25) is 0 Å². The van der Waals surface area contributed by atoms with Crippen molar-refractivity contribution < 1.29 is 24.0 Å². The van der Waals surface area contributed by atoms with Crippen molar-refractivity contribution >= 4 is 5.97 Å². The molecule has 5 nitrogen and oxygen atoms in total. The van der Waals surface area contributed by atoms with Crippen molar-refractivity contribution in [3.8, 4) is 0 Å². The highest BCUT2D eigenvalue weighted by Gasteiger charge is 2.20. The van der Waals surface area contributed by atoms with Crippen molar-refractivity contribution in [2.45, 2.75) is 52.4 Å². The minimum atomic E-state index is -0.804. The average Bonchev–Trinajstić information content (AvgIpc) is 2.25. The maximum absolute atomic E-state index is 10.6. The fourth-order valence-corrected chi connectivity index (χ4v) is 0.895. The van der Waals surface area contributed by atoms with Crippen molar-refractivity contribution in [2.75, 3.05) is 7.11 Å². The van der Waals surface area contributed by atoms with E-state index in [1.54, 1.807) is 19.9 Å². The predicted molar refractivity (Wildman–Crippen MR) is 62.9 cm³/mol. The van der Waals surface area contributed by atoms with E-state index >= 15 is 0 Å². The second kappa shape index (κ2) is 8.22. The lowest BCUT2D eigenvalue weighted by Crippen LogP contribution is -2.29. The molecule has 0 aromatic carbocycles. The van der Waals surface area contributed by atoms with Crippen LogP contribution < -0.4 is 0 Å². The number of hydrogen-bond donors (Lipinski definition) is 0. The van der Waals surface area contributed by atoms with E-state index < -0.39 is 5.79 Å². The highest BCUT2D eigenvalue weighted by Crippen LogP contribution is 2.14. The standard InChI is InChI=1S/C12H22O5/c1-6-7-11(8-9-15-10(2)13)16-17-12(3,4)14-5/h8-9,11H,6-7H2,1-5H3/b9-8+. The van der Waals surface area contributed by atoms with Gasteiger partial charge in [-0.2, -0.15) is 0 Å². The first-order chi connectivity index (χ1) is 7.91. The summed E-state index contributed by atoms with van der Waals surface area (Å²) in [5.74, 6) is -1.17. The molecule has 0 aliphatic rings. The van der Waals surface area contributed by atoms with Gasteiger partial charge in [0.15, 0.2) is 5.79 Å². The van der Waals surface area contributed by atoms with Gasteiger partial charge in [-0.1, -0.05) is 13.3 Å². The molecule has 1 unspecified atom stereocenters. The third-order valence-corrected chi connectivity index (χ3v) is 1.96. The molecular weight excluding hydrogens is 224 g/mol. The van der Waals surface area contributed by atoms with Crippen LogP contribution >= 0.6 is 0 Å². The maximum Gasteiger partial charge on any atom is 0.307 e. The van der Waals surface area contributed by atoms with Gasteiger partial charge in [-0.15, -0.1) is 0 Å². The molecule has 0 saturated heterocycles. The van der Waals surface area contributed by atoms with Crippen molar-refractivity contribution in [1.82, 2.24) is 0 Å². The van der Waals surface area contributed by atoms with Crippen LogP contribution in [-0.4, -0.2) is 25.0 Å². The van der Waals surface area contributed by atoms with Crippen LogP contribution in [-0.2, 0) is 24.0 Å². The zero-order valence-corrected chi connectivity index (χ0v) is 11.2. The Morgan fingerprint density at radius 1 is 1.41 bits per heavy atom. The minimum absolute atomic E-state index is 0.270. The number of carbonyl (C=O) groups is 1. The van der Waals surface area contributed by atoms with Crippen molar-refractivity contribution in [2.24, 2.45) is 0 Å². The quantitative estimate of drug-likeness (QED) is 0.216. The molecule has 0 heterocycles. The lowest BCUT2D eigenvalue weighted by atomic mass is 10.2. The predicted octanol–water partition coefficient (Wildman–Crippen LogP) is 2.56. The molecule has 0 saturated carbocycles. The van der Waals surface area contributed by atoms with E-state index in [0.29, 0.717) is 0 Å². The number of rotatable bonds is 8. The summed E-state index contributed by atoms with van der Waals surface area (Å²) in [7, 11) is 1.53. The van der Waals surface area contributed by atoms with Gasteiger partial charge in [-0.05, 0) is 26.3 Å². The van der Waals surface area contributed by atoms with Gasteiger partial charge in [0, 0.05) is 14.0 Å². The summed E-state index contributed by atoms with van der Waals surface area (Å²) in [4.78, 5) is 20.9. The molecule has 0 aliphatic carbocycles. The summed E-state index contributed by atoms with van der Waals surface area (Å²) < 4.78 is 9.74. The zero-order chi connectivity index (χ0) is 13.3. The Balaban J connectivity index is 4.14. The molecule has 0 aromatic rings. The maximum atomic E-state index is 10.6. The van der Waals surface area contributed by atoms with E-state index in [2.05, 4.69) is 0 Å². The highest BCUT2D eigenvalue weighted by atomic mass is 17.2. The molecule has 0 spiro atoms. The number of esters is 1. The normalized spacial score (nSPS) is 13.9. The first kappa shape index (κ1) is 16.1. The van der Waals surface area contributed by atoms with Crippen molar-refractivity contribution in [3.63, 3.8) is 0 Å². The van der Waals surface area contributed by atoms with E-state index in [-0.39, 0.29) is 12.1 Å². The lowest BCUT2D eigenvalue weighted by molar-refractivity contribution is -0.425. The minimum Gasteiger partial charge on any atom is -0.435 e. The van der Waals surface area contributed by atoms with Crippen LogP contribution in [0.1, 0.15) is 40.5 Å². The number of hydrogen-bond acceptors (Lipinski definition) is 5. The third-order valence-electron chi connectivity index (χ3n) is 1.96. The Morgan fingerprint density at radius 2 is 2.06 bits per heavy atom. The SMILES string of the molecule is CCCC(/C=C/OC(C)=O)OOC(C)(C)OC. The molecule has 0 rings (SSSR count). The Hall–Kier alpha value is -0.910. The second-order valence-electron chi connectivity index (χ2n) is 4.05. The summed E-state index contributed by atoms with van der Waals surface area (Å²) in [6.45, 7) is 6.85. The highest BCUT2D eigenvalue weighted by molar-refractivity contribution is 5.66. The Kier molecular flexibility index (Phi) is 7.78. The van der Waals surface area contributed by atoms with Crippen LogP contribution in [0.5, 0.6) is 0 Å². The van der Waals surface area contributed by atoms with Gasteiger partial charge in [0.2, 0.25) is 0 Å². The van der Waals surface area contributed by atoms with Crippen LogP contribution in [0, 0.1) is 0 Å². The van der Waals surface area contributed by atoms with Crippen LogP contribution in [0.4, 0.5) is 0 Å². The van der Waals surface area contributed by atoms with Gasteiger partial charge in [0.25, 0.3) is 0 Å². The van der Waals surface area contributed by atoms with E-state index in [0.717, 1.165) is 12.8 Å². The molecular formula is C12H22O5. The van der Waals surface area contributed by atoms with Crippen molar-refractivity contribution in [3.05, 3.63) is 12.3 Å². The third kappa shape index (κ3) is 8.85. The molecule has 0 N–H and O–H groups in total. The van der Waals surface area contributed by atoms with E-state index in [9.17, 15) is 4.79 Å². The molecule has 0 fully saturated rings. The van der Waals surface area contributed by atoms with Crippen LogP contribution in [0.3, 0.4) is 0 Å². The first-order valence-corrected chi connectivity index (χ1v) is 5.64. The molecule has 0 radical (unpaired) electrons. The topological polar surface area (TPSA) is 54.0 Å². The van der Waals surface area contributed by atoms with Gasteiger partial charge >= 0.3 is 5.97 Å². The fraction of sp³-hybridized carbons (Fsp3) is 0.750. The van der Waals surface area contributed by atoms with Crippen LogP contribution in [0.15, 0.2) is 12.3 Å². The number of carbonyl (C=O) groups excluding carboxylic acids is 1. The molecule has 5 heteroatoms. The van der Waals surface area contributed by atoms with E-state index in [4.69, 9.17) is 19.2 Å². The Bertz CT molecular complexity index is 247. The lowest BCUT2D eigenvalue weighted by Gasteiger charge is -2.23. The molecule has 0 aromatic heterocycles. The van der Waals surface area contributed by atoms with Gasteiger partial charge < -0.3 is 9.47 Å². The average molecular weight is 246 g/mol. The van der Waals surface area contributed by atoms with Crippen LogP contribution in [0.25, 0.3) is 0 Å². The molecule has 0 bridgehead atoms. The summed E-state index contributed by atoms with van der Waals surface area (Å²) >= 11 is 0. The van der Waals surface area contributed by atoms with E-state index in [1.807, 2.05) is 6.92 Å². The number of methoxy groups -OCH3 is 1. The molecule has 1 atom stereocenters. The van der Waals surface area contributed by atoms with Gasteiger partial charge in [0.05, 0.1) is 6.26 Å². The second-order valence-corrected chi connectivity index (χ2v) is 4.05. The first-order valence-electron chi connectivity index (χ1n) is 5.64. The zero-order valence-electron chi connectivity index (χ0n) is 11.2. The van der Waals surface area contributed by atoms with Gasteiger partial charge in [-0.25, -0.2) is 9.78 Å². The van der Waals surface area contributed by atoms with E-state index in [1.165, 1.54) is 20.3 Å². The largest absolute Gasteiger partial charge is 0.435 e. The van der Waals surface area contributed by atoms with Gasteiger partial charge in [-0.3, -0.25) is 4.79 Å². The molecule has 0 aliphatic heterocycles. The Morgan fingerprint density at radius 3 is 2.53 bits per heavy atom. The fourth-order valence-electron chi connectivity index (χ4n) is 0.895. The molecule has 0 amide bonds. The smallest absolute Gasteiger partial charge is 0.307 e. The monoisotopic (exact) mass is 246 g/mol.